The van der Waals surface area contributed by atoms with E-state index in [1.165, 1.54) is 0 Å². The number of carboxylic acids is 1. The summed E-state index contributed by atoms with van der Waals surface area (Å²) in [6, 6.07) is 0. The molecule has 1 aliphatic carbocycles. The molecule has 0 aromatic rings. The fraction of sp³-hybridized carbons (Fsp3) is 0.923. The first-order valence-electron chi connectivity index (χ1n) is 6.30. The van der Waals surface area contributed by atoms with Gasteiger partial charge in [-0.25, -0.2) is 0 Å². The van der Waals surface area contributed by atoms with Crippen LogP contribution in [0.15, 0.2) is 0 Å². The number of carbonyl (C=O) groups is 1. The van der Waals surface area contributed by atoms with Gasteiger partial charge in [0.25, 0.3) is 5.97 Å². The van der Waals surface area contributed by atoms with E-state index in [9.17, 15) is 5.11 Å². The molecule has 0 aromatic carbocycles. The zero-order valence-corrected chi connectivity index (χ0v) is 11.1. The molecule has 100 valence electrons. The third-order valence-electron chi connectivity index (χ3n) is 4.13. The van der Waals surface area contributed by atoms with Gasteiger partial charge in [-0.2, -0.15) is 0 Å². The number of aliphatic hydroxyl groups excluding tert-OH is 1. The van der Waals surface area contributed by atoms with E-state index >= 15 is 0 Å². The maximum atomic E-state index is 10.1. The molecule has 4 heteroatoms. The van der Waals surface area contributed by atoms with E-state index < -0.39 is 5.97 Å². The SMILES string of the molecule is CC(=O)O.CC1CC(C)C2CCOC2(C)C1O. The highest BCUT2D eigenvalue weighted by Gasteiger charge is 2.53. The molecule has 1 heterocycles. The van der Waals surface area contributed by atoms with Crippen LogP contribution in [0, 0.1) is 17.8 Å². The number of rotatable bonds is 0. The second-order valence-electron chi connectivity index (χ2n) is 5.58. The van der Waals surface area contributed by atoms with Gasteiger partial charge >= 0.3 is 0 Å². The molecule has 5 unspecified atom stereocenters. The predicted molar refractivity (Wildman–Crippen MR) is 64.7 cm³/mol. The average molecular weight is 244 g/mol. The Labute approximate surface area is 103 Å². The molecule has 2 aliphatic rings. The van der Waals surface area contributed by atoms with Gasteiger partial charge in [-0.1, -0.05) is 13.8 Å². The molecule has 5 atom stereocenters. The molecule has 0 radical (unpaired) electrons. The lowest BCUT2D eigenvalue weighted by Gasteiger charge is -2.46. The van der Waals surface area contributed by atoms with E-state index in [1.807, 2.05) is 0 Å². The predicted octanol–water partition coefficient (Wildman–Crippen LogP) is 1.91. The second kappa shape index (κ2) is 5.36. The molecule has 1 aliphatic heterocycles. The molecule has 4 nitrogen and oxygen atoms in total. The van der Waals surface area contributed by atoms with E-state index in [0.29, 0.717) is 17.8 Å². The maximum absolute atomic E-state index is 10.1. The third-order valence-corrected chi connectivity index (χ3v) is 4.13. The quantitative estimate of drug-likeness (QED) is 0.683. The van der Waals surface area contributed by atoms with Crippen LogP contribution in [0.4, 0.5) is 0 Å². The van der Waals surface area contributed by atoms with Gasteiger partial charge in [-0.15, -0.1) is 0 Å². The van der Waals surface area contributed by atoms with E-state index in [0.717, 1.165) is 26.4 Å². The fourth-order valence-electron chi connectivity index (χ4n) is 3.40. The summed E-state index contributed by atoms with van der Waals surface area (Å²) in [6.45, 7) is 8.42. The van der Waals surface area contributed by atoms with E-state index in [1.54, 1.807) is 0 Å². The first-order chi connectivity index (χ1) is 7.79. The van der Waals surface area contributed by atoms with E-state index in [4.69, 9.17) is 14.6 Å². The van der Waals surface area contributed by atoms with Gasteiger partial charge in [-0.3, -0.25) is 4.79 Å². The first kappa shape index (κ1) is 14.5. The van der Waals surface area contributed by atoms with Gasteiger partial charge in [0.05, 0.1) is 11.7 Å². The standard InChI is InChI=1S/C11H20O2.C2H4O2/c1-7-6-8(2)10(12)11(3)9(7)4-5-13-11;1-2(3)4/h7-10,12H,4-6H2,1-3H3;1H3,(H,3,4). The Morgan fingerprint density at radius 1 is 1.35 bits per heavy atom. The Morgan fingerprint density at radius 2 is 1.88 bits per heavy atom. The lowest BCUT2D eigenvalue weighted by molar-refractivity contribution is -0.151. The van der Waals surface area contributed by atoms with Crippen molar-refractivity contribution in [3.8, 4) is 0 Å². The first-order valence-corrected chi connectivity index (χ1v) is 6.30. The third kappa shape index (κ3) is 2.99. The van der Waals surface area contributed by atoms with Crippen LogP contribution in [0.3, 0.4) is 0 Å². The van der Waals surface area contributed by atoms with Crippen molar-refractivity contribution in [3.63, 3.8) is 0 Å². The van der Waals surface area contributed by atoms with Crippen LogP contribution >= 0.6 is 0 Å². The topological polar surface area (TPSA) is 66.8 Å². The molecular weight excluding hydrogens is 220 g/mol. The number of ether oxygens (including phenoxy) is 1. The summed E-state index contributed by atoms with van der Waals surface area (Å²) in [5.41, 5.74) is -0.253. The molecular formula is C13H24O4. The number of carboxylic acid groups (broad SMARTS) is 1. The summed E-state index contributed by atoms with van der Waals surface area (Å²) in [6.07, 6.45) is 2.00. The Bertz CT molecular complexity index is 275. The van der Waals surface area contributed by atoms with Crippen molar-refractivity contribution in [3.05, 3.63) is 0 Å². The van der Waals surface area contributed by atoms with Gasteiger partial charge in [0.15, 0.2) is 0 Å². The normalized spacial score (nSPS) is 44.5. The molecule has 0 aromatic heterocycles. The number of aliphatic carboxylic acids is 1. The summed E-state index contributed by atoms with van der Waals surface area (Å²) in [4.78, 5) is 9.00. The summed E-state index contributed by atoms with van der Waals surface area (Å²) >= 11 is 0. The van der Waals surface area contributed by atoms with Gasteiger partial charge in [-0.05, 0) is 37.5 Å². The van der Waals surface area contributed by atoms with Crippen LogP contribution < -0.4 is 0 Å². The van der Waals surface area contributed by atoms with Crippen molar-refractivity contribution in [1.82, 2.24) is 0 Å². The van der Waals surface area contributed by atoms with Crippen molar-refractivity contribution in [2.75, 3.05) is 6.61 Å². The van der Waals surface area contributed by atoms with Crippen LogP contribution in [-0.4, -0.2) is 34.5 Å². The Kier molecular flexibility index (Phi) is 4.55. The highest BCUT2D eigenvalue weighted by molar-refractivity contribution is 5.62. The lowest BCUT2D eigenvalue weighted by atomic mass is 9.65. The molecule has 2 N–H and O–H groups in total. The zero-order chi connectivity index (χ0) is 13.2. The molecule has 0 spiro atoms. The summed E-state index contributed by atoms with van der Waals surface area (Å²) in [5.74, 6) is 0.818. The molecule has 2 rings (SSSR count). The summed E-state index contributed by atoms with van der Waals surface area (Å²) < 4.78 is 5.75. The highest BCUT2D eigenvalue weighted by Crippen LogP contribution is 2.48. The largest absolute Gasteiger partial charge is 0.481 e. The monoisotopic (exact) mass is 244 g/mol. The number of aliphatic hydroxyl groups is 1. The molecule has 0 bridgehead atoms. The molecule has 1 saturated heterocycles. The average Bonchev–Trinajstić information content (AvgIpc) is 2.58. The Balaban J connectivity index is 0.000000317. The van der Waals surface area contributed by atoms with Gasteiger partial charge in [0.1, 0.15) is 0 Å². The fourth-order valence-corrected chi connectivity index (χ4v) is 3.40. The van der Waals surface area contributed by atoms with Crippen LogP contribution in [0.25, 0.3) is 0 Å². The molecule has 2 fully saturated rings. The van der Waals surface area contributed by atoms with Crippen LogP contribution in [0.5, 0.6) is 0 Å². The molecule has 1 saturated carbocycles. The van der Waals surface area contributed by atoms with Crippen LogP contribution in [-0.2, 0) is 9.53 Å². The Hall–Kier alpha value is -0.610. The second-order valence-corrected chi connectivity index (χ2v) is 5.58. The van der Waals surface area contributed by atoms with E-state index in [-0.39, 0.29) is 11.7 Å². The smallest absolute Gasteiger partial charge is 0.300 e. The summed E-state index contributed by atoms with van der Waals surface area (Å²) in [7, 11) is 0. The minimum absolute atomic E-state index is 0.253. The van der Waals surface area contributed by atoms with Gasteiger partial charge < -0.3 is 14.9 Å². The van der Waals surface area contributed by atoms with Gasteiger partial charge in [0, 0.05) is 13.5 Å². The Morgan fingerprint density at radius 3 is 2.41 bits per heavy atom. The van der Waals surface area contributed by atoms with Crippen molar-refractivity contribution in [2.45, 2.75) is 52.2 Å². The minimum atomic E-state index is -0.833. The lowest BCUT2D eigenvalue weighted by Crippen LogP contribution is -2.53. The zero-order valence-electron chi connectivity index (χ0n) is 11.1. The molecule has 0 amide bonds. The van der Waals surface area contributed by atoms with E-state index in [2.05, 4.69) is 20.8 Å². The molecule has 17 heavy (non-hydrogen) atoms. The van der Waals surface area contributed by atoms with Crippen LogP contribution in [0.1, 0.15) is 40.5 Å². The number of hydrogen-bond acceptors (Lipinski definition) is 3. The highest BCUT2D eigenvalue weighted by atomic mass is 16.5. The van der Waals surface area contributed by atoms with Gasteiger partial charge in [0.2, 0.25) is 0 Å². The van der Waals surface area contributed by atoms with Crippen molar-refractivity contribution < 1.29 is 19.7 Å². The maximum Gasteiger partial charge on any atom is 0.300 e. The van der Waals surface area contributed by atoms with Crippen LogP contribution in [0.2, 0.25) is 0 Å². The van der Waals surface area contributed by atoms with Crippen molar-refractivity contribution in [2.24, 2.45) is 17.8 Å². The summed E-state index contributed by atoms with van der Waals surface area (Å²) in [5, 5.41) is 17.5. The number of hydrogen-bond donors (Lipinski definition) is 2. The van der Waals surface area contributed by atoms with Crippen molar-refractivity contribution >= 4 is 5.97 Å². The minimum Gasteiger partial charge on any atom is -0.481 e. The number of fused-ring (bicyclic) bond motifs is 1. The van der Waals surface area contributed by atoms with Crippen molar-refractivity contribution in [1.29, 1.82) is 0 Å².